The number of halogens is 1. The number of aromatic nitrogens is 1. The van der Waals surface area contributed by atoms with Crippen molar-refractivity contribution < 1.29 is 9.59 Å². The zero-order valence-corrected chi connectivity index (χ0v) is 11.0. The van der Waals surface area contributed by atoms with E-state index < -0.39 is 0 Å². The summed E-state index contributed by atoms with van der Waals surface area (Å²) in [7, 11) is 0. The second-order valence-electron chi connectivity index (χ2n) is 4.31. The predicted molar refractivity (Wildman–Crippen MR) is 76.6 cm³/mol. The van der Waals surface area contributed by atoms with Gasteiger partial charge in [0.25, 0.3) is 5.91 Å². The van der Waals surface area contributed by atoms with E-state index in [1.807, 2.05) is 0 Å². The molecule has 1 aromatic carbocycles. The van der Waals surface area contributed by atoms with Gasteiger partial charge in [-0.1, -0.05) is 11.6 Å². The molecule has 0 aliphatic carbocycles. The number of amides is 1. The van der Waals surface area contributed by atoms with Crippen LogP contribution in [0.25, 0.3) is 5.57 Å². The zero-order valence-electron chi connectivity index (χ0n) is 10.3. The number of allylic oxidation sites excluding steroid dienone is 1. The van der Waals surface area contributed by atoms with Gasteiger partial charge in [-0.05, 0) is 36.4 Å². The second kappa shape index (κ2) is 4.90. The van der Waals surface area contributed by atoms with Gasteiger partial charge in [-0.15, -0.1) is 0 Å². The molecule has 0 atom stereocenters. The van der Waals surface area contributed by atoms with Gasteiger partial charge in [0.1, 0.15) is 0 Å². The van der Waals surface area contributed by atoms with E-state index in [1.54, 1.807) is 36.5 Å². The first-order valence-corrected chi connectivity index (χ1v) is 6.30. The van der Waals surface area contributed by atoms with E-state index in [1.165, 1.54) is 12.3 Å². The number of nitrogens with zero attached hydrogens (tertiary/aromatic N) is 1. The van der Waals surface area contributed by atoms with E-state index in [4.69, 9.17) is 11.6 Å². The molecule has 20 heavy (non-hydrogen) atoms. The molecule has 0 saturated carbocycles. The van der Waals surface area contributed by atoms with Gasteiger partial charge in [-0.25, -0.2) is 0 Å². The SMILES string of the molecule is O=C1Nc2ccc(Cl)cc2/C1=C\C(=O)c1cccnc1. The highest BCUT2D eigenvalue weighted by atomic mass is 35.5. The fraction of sp³-hybridized carbons (Fsp3) is 0. The number of carbonyl (C=O) groups is 2. The maximum absolute atomic E-state index is 12.1. The Morgan fingerprint density at radius 3 is 2.90 bits per heavy atom. The summed E-state index contributed by atoms with van der Waals surface area (Å²) in [5.41, 5.74) is 2.05. The van der Waals surface area contributed by atoms with Crippen molar-refractivity contribution >= 4 is 34.6 Å². The highest BCUT2D eigenvalue weighted by molar-refractivity contribution is 6.36. The van der Waals surface area contributed by atoms with Crippen molar-refractivity contribution in [2.24, 2.45) is 0 Å². The molecular weight excluding hydrogens is 276 g/mol. The Morgan fingerprint density at radius 2 is 2.15 bits per heavy atom. The minimum absolute atomic E-state index is 0.268. The van der Waals surface area contributed by atoms with Crippen molar-refractivity contribution in [2.75, 3.05) is 5.32 Å². The fourth-order valence-electron chi connectivity index (χ4n) is 2.03. The second-order valence-corrected chi connectivity index (χ2v) is 4.74. The summed E-state index contributed by atoms with van der Waals surface area (Å²) in [5, 5.41) is 3.21. The summed E-state index contributed by atoms with van der Waals surface area (Å²) in [6, 6.07) is 8.39. The number of carbonyl (C=O) groups excluding carboxylic acids is 2. The number of anilines is 1. The van der Waals surface area contributed by atoms with Crippen molar-refractivity contribution in [3.63, 3.8) is 0 Å². The Hall–Kier alpha value is -2.46. The van der Waals surface area contributed by atoms with Crippen LogP contribution in [0.4, 0.5) is 5.69 Å². The number of rotatable bonds is 2. The first kappa shape index (κ1) is 12.6. The smallest absolute Gasteiger partial charge is 0.256 e. The summed E-state index contributed by atoms with van der Waals surface area (Å²) in [6.07, 6.45) is 4.36. The van der Waals surface area contributed by atoms with Gasteiger partial charge in [0.2, 0.25) is 0 Å². The molecule has 0 fully saturated rings. The first-order valence-electron chi connectivity index (χ1n) is 5.92. The normalized spacial score (nSPS) is 15.1. The van der Waals surface area contributed by atoms with Crippen LogP contribution < -0.4 is 5.32 Å². The molecule has 2 aromatic rings. The molecule has 1 N–H and O–H groups in total. The third-order valence-electron chi connectivity index (χ3n) is 2.99. The Balaban J connectivity index is 2.03. The lowest BCUT2D eigenvalue weighted by Gasteiger charge is -1.99. The minimum Gasteiger partial charge on any atom is -0.321 e. The Kier molecular flexibility index (Phi) is 3.08. The van der Waals surface area contributed by atoms with Crippen LogP contribution in [0.5, 0.6) is 0 Å². The fourth-order valence-corrected chi connectivity index (χ4v) is 2.20. The maximum atomic E-state index is 12.1. The van der Waals surface area contributed by atoms with Crippen molar-refractivity contribution in [1.82, 2.24) is 4.98 Å². The molecule has 1 aliphatic heterocycles. The molecule has 4 nitrogen and oxygen atoms in total. The van der Waals surface area contributed by atoms with Gasteiger partial charge in [0.15, 0.2) is 5.78 Å². The van der Waals surface area contributed by atoms with E-state index in [9.17, 15) is 9.59 Å². The summed E-state index contributed by atoms with van der Waals surface area (Å²) in [6.45, 7) is 0. The van der Waals surface area contributed by atoms with E-state index in [0.29, 0.717) is 27.4 Å². The molecule has 3 rings (SSSR count). The highest BCUT2D eigenvalue weighted by Gasteiger charge is 2.25. The lowest BCUT2D eigenvalue weighted by Crippen LogP contribution is -2.06. The summed E-state index contributed by atoms with van der Waals surface area (Å²) < 4.78 is 0. The van der Waals surface area contributed by atoms with E-state index in [2.05, 4.69) is 10.3 Å². The molecule has 5 heteroatoms. The molecule has 2 heterocycles. The van der Waals surface area contributed by atoms with Crippen LogP contribution in [-0.2, 0) is 4.79 Å². The van der Waals surface area contributed by atoms with E-state index in [0.717, 1.165) is 0 Å². The highest BCUT2D eigenvalue weighted by Crippen LogP contribution is 2.33. The summed E-state index contributed by atoms with van der Waals surface area (Å²) in [4.78, 5) is 27.9. The van der Waals surface area contributed by atoms with Crippen LogP contribution in [0.1, 0.15) is 15.9 Å². The molecule has 1 aliphatic rings. The van der Waals surface area contributed by atoms with Crippen LogP contribution in [-0.4, -0.2) is 16.7 Å². The van der Waals surface area contributed by atoms with E-state index >= 15 is 0 Å². The Labute approximate surface area is 120 Å². The van der Waals surface area contributed by atoms with Crippen LogP contribution in [0.2, 0.25) is 5.02 Å². The molecule has 0 unspecified atom stereocenters. The number of ketones is 1. The quantitative estimate of drug-likeness (QED) is 0.681. The first-order chi connectivity index (χ1) is 9.65. The van der Waals surface area contributed by atoms with Gasteiger partial charge in [0.05, 0.1) is 5.57 Å². The monoisotopic (exact) mass is 284 g/mol. The average Bonchev–Trinajstić information content (AvgIpc) is 2.76. The molecule has 0 radical (unpaired) electrons. The van der Waals surface area contributed by atoms with Crippen molar-refractivity contribution in [1.29, 1.82) is 0 Å². The van der Waals surface area contributed by atoms with Crippen LogP contribution in [0, 0.1) is 0 Å². The van der Waals surface area contributed by atoms with Crippen molar-refractivity contribution in [3.8, 4) is 0 Å². The lowest BCUT2D eigenvalue weighted by molar-refractivity contribution is -0.110. The molecule has 1 aromatic heterocycles. The third kappa shape index (κ3) is 2.21. The number of pyridine rings is 1. The Bertz CT molecular complexity index is 739. The lowest BCUT2D eigenvalue weighted by atomic mass is 10.0. The van der Waals surface area contributed by atoms with Crippen LogP contribution in [0.15, 0.2) is 48.8 Å². The van der Waals surface area contributed by atoms with Crippen LogP contribution in [0.3, 0.4) is 0 Å². The third-order valence-corrected chi connectivity index (χ3v) is 3.22. The predicted octanol–water partition coefficient (Wildman–Crippen LogP) is 2.95. The summed E-state index contributed by atoms with van der Waals surface area (Å²) in [5.74, 6) is -0.574. The van der Waals surface area contributed by atoms with Gasteiger partial charge >= 0.3 is 0 Å². The van der Waals surface area contributed by atoms with Crippen molar-refractivity contribution in [3.05, 3.63) is 65.0 Å². The maximum Gasteiger partial charge on any atom is 0.256 e. The standard InChI is InChI=1S/C15H9ClN2O2/c16-10-3-4-13-11(6-10)12(15(20)18-13)7-14(19)9-2-1-5-17-8-9/h1-8H,(H,18,20)/b12-7+. The van der Waals surface area contributed by atoms with Crippen molar-refractivity contribution in [2.45, 2.75) is 0 Å². The number of hydrogen-bond donors (Lipinski definition) is 1. The van der Waals surface area contributed by atoms with Crippen LogP contribution >= 0.6 is 11.6 Å². The molecule has 0 saturated heterocycles. The molecule has 0 bridgehead atoms. The average molecular weight is 285 g/mol. The van der Waals surface area contributed by atoms with Gasteiger partial charge in [-0.2, -0.15) is 0 Å². The molecular formula is C15H9ClN2O2. The number of benzene rings is 1. The summed E-state index contributed by atoms with van der Waals surface area (Å²) >= 11 is 5.93. The largest absolute Gasteiger partial charge is 0.321 e. The molecule has 0 spiro atoms. The van der Waals surface area contributed by atoms with E-state index in [-0.39, 0.29) is 11.7 Å². The zero-order chi connectivity index (χ0) is 14.1. The topological polar surface area (TPSA) is 59.1 Å². The van der Waals surface area contributed by atoms with Gasteiger partial charge in [-0.3, -0.25) is 14.6 Å². The van der Waals surface area contributed by atoms with Gasteiger partial charge in [0, 0.05) is 34.2 Å². The van der Waals surface area contributed by atoms with Gasteiger partial charge < -0.3 is 5.32 Å². The number of hydrogen-bond acceptors (Lipinski definition) is 3. The molecule has 98 valence electrons. The molecule has 1 amide bonds. The minimum atomic E-state index is -0.306. The number of nitrogens with one attached hydrogen (secondary N) is 1. The number of fused-ring (bicyclic) bond motifs is 1. The Morgan fingerprint density at radius 1 is 1.30 bits per heavy atom.